The van der Waals surface area contributed by atoms with E-state index in [2.05, 4.69) is 20.4 Å². The molecule has 0 N–H and O–H groups in total. The molecule has 0 saturated heterocycles. The molecule has 0 fully saturated rings. The van der Waals surface area contributed by atoms with Crippen LogP contribution in [0.2, 0.25) is 0 Å². The van der Waals surface area contributed by atoms with Crippen molar-refractivity contribution in [1.82, 2.24) is 4.90 Å². The molecular weight excluding hydrogens is 154 g/mol. The Morgan fingerprint density at radius 2 is 2.25 bits per heavy atom. The summed E-state index contributed by atoms with van der Waals surface area (Å²) < 4.78 is 4.82. The zero-order valence-corrected chi connectivity index (χ0v) is 8.04. The third kappa shape index (κ3) is 5.92. The number of ether oxygens (including phenoxy) is 1. The van der Waals surface area contributed by atoms with Crippen molar-refractivity contribution in [2.75, 3.05) is 20.3 Å². The normalized spacial score (nSPS) is 10.4. The maximum Gasteiger partial charge on any atom is 0.331 e. The molecule has 0 aliphatic rings. The van der Waals surface area contributed by atoms with Crippen molar-refractivity contribution >= 4 is 5.97 Å². The first-order valence-corrected chi connectivity index (χ1v) is 4.04. The van der Waals surface area contributed by atoms with E-state index in [1.807, 2.05) is 11.9 Å². The highest BCUT2D eigenvalue weighted by Crippen LogP contribution is 1.95. The van der Waals surface area contributed by atoms with E-state index in [4.69, 9.17) is 4.74 Å². The number of carbonyl (C=O) groups is 1. The van der Waals surface area contributed by atoms with E-state index in [1.54, 1.807) is 0 Å². The fourth-order valence-corrected chi connectivity index (χ4v) is 0.909. The van der Waals surface area contributed by atoms with Crippen molar-refractivity contribution in [2.45, 2.75) is 13.8 Å². The quantitative estimate of drug-likeness (QED) is 0.354. The number of esters is 1. The zero-order valence-electron chi connectivity index (χ0n) is 8.04. The second-order valence-corrected chi connectivity index (χ2v) is 3.23. The number of rotatable bonds is 5. The molecule has 0 rings (SSSR count). The van der Waals surface area contributed by atoms with Crippen LogP contribution >= 0.6 is 0 Å². The Labute approximate surface area is 74.0 Å². The lowest BCUT2D eigenvalue weighted by Gasteiger charge is -2.17. The summed E-state index contributed by atoms with van der Waals surface area (Å²) in [6.45, 7) is 8.80. The van der Waals surface area contributed by atoms with Crippen molar-refractivity contribution in [3.05, 3.63) is 12.7 Å². The molecule has 0 aromatic rings. The molecule has 0 aromatic heterocycles. The van der Waals surface area contributed by atoms with Gasteiger partial charge in [-0.3, -0.25) is 4.90 Å². The topological polar surface area (TPSA) is 29.5 Å². The van der Waals surface area contributed by atoms with Crippen LogP contribution < -0.4 is 0 Å². The molecule has 0 bridgehead atoms. The average Bonchev–Trinajstić information content (AvgIpc) is 1.99. The third-order valence-electron chi connectivity index (χ3n) is 1.27. The van der Waals surface area contributed by atoms with Gasteiger partial charge in [0.05, 0.1) is 0 Å². The minimum atomic E-state index is -0.370. The van der Waals surface area contributed by atoms with Crippen LogP contribution in [0.3, 0.4) is 0 Å². The molecule has 0 aromatic carbocycles. The summed E-state index contributed by atoms with van der Waals surface area (Å²) in [6.07, 6.45) is 1.17. The Morgan fingerprint density at radius 1 is 1.67 bits per heavy atom. The van der Waals surface area contributed by atoms with Gasteiger partial charge in [-0.15, -0.1) is 0 Å². The lowest BCUT2D eigenvalue weighted by molar-refractivity contribution is -0.142. The highest BCUT2D eigenvalue weighted by Gasteiger charge is 2.02. The molecule has 70 valence electrons. The standard InChI is InChI=1S/C9H17NO2/c1-5-9(11)12-7-10(4)6-8(2)3/h5,8H,1,6-7H2,2-4H3. The Bertz CT molecular complexity index is 155. The first kappa shape index (κ1) is 11.2. The van der Waals surface area contributed by atoms with Crippen LogP contribution in [0.25, 0.3) is 0 Å². The van der Waals surface area contributed by atoms with E-state index in [0.717, 1.165) is 6.54 Å². The minimum absolute atomic E-state index is 0.336. The molecule has 0 saturated carbocycles. The van der Waals surface area contributed by atoms with Gasteiger partial charge in [-0.25, -0.2) is 4.79 Å². The van der Waals surface area contributed by atoms with Crippen LogP contribution in [0, 0.1) is 5.92 Å². The molecular formula is C9H17NO2. The lowest BCUT2D eigenvalue weighted by atomic mass is 10.2. The number of carbonyl (C=O) groups excluding carboxylic acids is 1. The predicted molar refractivity (Wildman–Crippen MR) is 48.6 cm³/mol. The molecule has 0 amide bonds. The van der Waals surface area contributed by atoms with Gasteiger partial charge in [-0.1, -0.05) is 20.4 Å². The van der Waals surface area contributed by atoms with E-state index < -0.39 is 0 Å². The Morgan fingerprint density at radius 3 is 2.67 bits per heavy atom. The van der Waals surface area contributed by atoms with Gasteiger partial charge in [0, 0.05) is 12.6 Å². The maximum atomic E-state index is 10.6. The van der Waals surface area contributed by atoms with E-state index >= 15 is 0 Å². The summed E-state index contributed by atoms with van der Waals surface area (Å²) in [5.74, 6) is 0.211. The molecule has 0 spiro atoms. The van der Waals surface area contributed by atoms with Crippen molar-refractivity contribution in [3.8, 4) is 0 Å². The molecule has 3 heteroatoms. The van der Waals surface area contributed by atoms with Gasteiger partial charge in [-0.05, 0) is 13.0 Å². The van der Waals surface area contributed by atoms with Crippen LogP contribution in [0.4, 0.5) is 0 Å². The van der Waals surface area contributed by atoms with Crippen LogP contribution in [0.5, 0.6) is 0 Å². The molecule has 0 aliphatic carbocycles. The SMILES string of the molecule is C=CC(=O)OCN(C)CC(C)C. The predicted octanol–water partition coefficient (Wildman–Crippen LogP) is 1.26. The smallest absolute Gasteiger partial charge is 0.331 e. The Kier molecular flexibility index (Phi) is 5.37. The van der Waals surface area contributed by atoms with Gasteiger partial charge in [0.1, 0.15) is 6.73 Å². The average molecular weight is 171 g/mol. The summed E-state index contributed by atoms with van der Waals surface area (Å²) in [4.78, 5) is 12.6. The van der Waals surface area contributed by atoms with Crippen LogP contribution in [-0.4, -0.2) is 31.2 Å². The summed E-state index contributed by atoms with van der Waals surface area (Å²) in [5.41, 5.74) is 0. The largest absolute Gasteiger partial charge is 0.446 e. The van der Waals surface area contributed by atoms with Gasteiger partial charge in [0.25, 0.3) is 0 Å². The summed E-state index contributed by atoms with van der Waals surface area (Å²) >= 11 is 0. The van der Waals surface area contributed by atoms with Crippen molar-refractivity contribution in [2.24, 2.45) is 5.92 Å². The fourth-order valence-electron chi connectivity index (χ4n) is 0.909. The fraction of sp³-hybridized carbons (Fsp3) is 0.667. The zero-order chi connectivity index (χ0) is 9.56. The van der Waals surface area contributed by atoms with Gasteiger partial charge in [0.2, 0.25) is 0 Å². The van der Waals surface area contributed by atoms with Gasteiger partial charge in [-0.2, -0.15) is 0 Å². The Balaban J connectivity index is 3.49. The number of hydrogen-bond donors (Lipinski definition) is 0. The second kappa shape index (κ2) is 5.77. The molecule has 3 nitrogen and oxygen atoms in total. The van der Waals surface area contributed by atoms with Crippen LogP contribution in [-0.2, 0) is 9.53 Å². The van der Waals surface area contributed by atoms with E-state index in [-0.39, 0.29) is 5.97 Å². The summed E-state index contributed by atoms with van der Waals surface area (Å²) in [5, 5.41) is 0. The van der Waals surface area contributed by atoms with Crippen LogP contribution in [0.15, 0.2) is 12.7 Å². The third-order valence-corrected chi connectivity index (χ3v) is 1.27. The lowest BCUT2D eigenvalue weighted by Crippen LogP contribution is -2.27. The first-order chi connectivity index (χ1) is 5.56. The maximum absolute atomic E-state index is 10.6. The summed E-state index contributed by atoms with van der Waals surface area (Å²) in [6, 6.07) is 0. The van der Waals surface area contributed by atoms with Crippen LogP contribution in [0.1, 0.15) is 13.8 Å². The number of nitrogens with zero attached hydrogens (tertiary/aromatic N) is 1. The molecule has 0 unspecified atom stereocenters. The molecule has 0 radical (unpaired) electrons. The van der Waals surface area contributed by atoms with Crippen molar-refractivity contribution in [3.63, 3.8) is 0 Å². The van der Waals surface area contributed by atoms with Gasteiger partial charge in [0.15, 0.2) is 0 Å². The minimum Gasteiger partial charge on any atom is -0.446 e. The molecule has 0 atom stereocenters. The summed E-state index contributed by atoms with van der Waals surface area (Å²) in [7, 11) is 1.91. The van der Waals surface area contributed by atoms with Gasteiger partial charge >= 0.3 is 5.97 Å². The first-order valence-electron chi connectivity index (χ1n) is 4.04. The van der Waals surface area contributed by atoms with E-state index in [9.17, 15) is 4.79 Å². The van der Waals surface area contributed by atoms with Gasteiger partial charge < -0.3 is 4.74 Å². The number of hydrogen-bond acceptors (Lipinski definition) is 3. The van der Waals surface area contributed by atoms with Crippen molar-refractivity contribution < 1.29 is 9.53 Å². The van der Waals surface area contributed by atoms with E-state index in [0.29, 0.717) is 12.6 Å². The van der Waals surface area contributed by atoms with Crippen molar-refractivity contribution in [1.29, 1.82) is 0 Å². The highest BCUT2D eigenvalue weighted by molar-refractivity contribution is 5.81. The molecule has 0 aliphatic heterocycles. The highest BCUT2D eigenvalue weighted by atomic mass is 16.5. The molecule has 12 heavy (non-hydrogen) atoms. The second-order valence-electron chi connectivity index (χ2n) is 3.23. The monoisotopic (exact) mass is 171 g/mol. The van der Waals surface area contributed by atoms with E-state index in [1.165, 1.54) is 6.08 Å². The Hall–Kier alpha value is -0.830. The molecule has 0 heterocycles.